The van der Waals surface area contributed by atoms with Gasteiger partial charge in [-0.2, -0.15) is 0 Å². The lowest BCUT2D eigenvalue weighted by molar-refractivity contribution is 0.0892. The molecule has 1 aliphatic rings. The summed E-state index contributed by atoms with van der Waals surface area (Å²) in [6, 6.07) is 15.4. The summed E-state index contributed by atoms with van der Waals surface area (Å²) in [5, 5.41) is 0. The molecule has 1 aliphatic carbocycles. The standard InChI is InChI=1S/C19H16O3/c1-2-22-18-12-17(20)16-11-14(8-9-15(16)19(18)21)10-13-6-4-3-5-7-13/h3-9,11-12H,2,10H2,1H3. The molecule has 3 heteroatoms. The van der Waals surface area contributed by atoms with Gasteiger partial charge in [-0.3, -0.25) is 9.59 Å². The van der Waals surface area contributed by atoms with Gasteiger partial charge in [-0.1, -0.05) is 36.4 Å². The largest absolute Gasteiger partial charge is 0.490 e. The molecule has 0 amide bonds. The molecule has 0 heterocycles. The smallest absolute Gasteiger partial charge is 0.228 e. The van der Waals surface area contributed by atoms with Crippen LogP contribution >= 0.6 is 0 Å². The fourth-order valence-electron chi connectivity index (χ4n) is 2.59. The Labute approximate surface area is 129 Å². The van der Waals surface area contributed by atoms with Gasteiger partial charge < -0.3 is 4.74 Å². The first-order valence-electron chi connectivity index (χ1n) is 7.29. The van der Waals surface area contributed by atoms with Crippen LogP contribution in [0.1, 0.15) is 38.8 Å². The highest BCUT2D eigenvalue weighted by Crippen LogP contribution is 2.24. The van der Waals surface area contributed by atoms with Crippen molar-refractivity contribution in [3.05, 3.63) is 82.6 Å². The third-order valence-electron chi connectivity index (χ3n) is 3.63. The van der Waals surface area contributed by atoms with Crippen molar-refractivity contribution in [1.82, 2.24) is 0 Å². The van der Waals surface area contributed by atoms with Gasteiger partial charge in [-0.25, -0.2) is 0 Å². The van der Waals surface area contributed by atoms with Crippen molar-refractivity contribution >= 4 is 11.6 Å². The summed E-state index contributed by atoms with van der Waals surface area (Å²) >= 11 is 0. The van der Waals surface area contributed by atoms with Gasteiger partial charge in [-0.15, -0.1) is 0 Å². The van der Waals surface area contributed by atoms with Crippen LogP contribution in [0.2, 0.25) is 0 Å². The van der Waals surface area contributed by atoms with E-state index in [-0.39, 0.29) is 17.3 Å². The number of hydrogen-bond donors (Lipinski definition) is 0. The number of ether oxygens (including phenoxy) is 1. The summed E-state index contributed by atoms with van der Waals surface area (Å²) in [4.78, 5) is 24.5. The van der Waals surface area contributed by atoms with Crippen LogP contribution in [0, 0.1) is 0 Å². The number of carbonyl (C=O) groups is 2. The van der Waals surface area contributed by atoms with Crippen molar-refractivity contribution < 1.29 is 14.3 Å². The van der Waals surface area contributed by atoms with Crippen LogP contribution in [0.25, 0.3) is 0 Å². The normalized spacial score (nSPS) is 13.6. The van der Waals surface area contributed by atoms with Gasteiger partial charge in [-0.05, 0) is 36.6 Å². The molecular weight excluding hydrogens is 276 g/mol. The first-order valence-corrected chi connectivity index (χ1v) is 7.29. The Balaban J connectivity index is 1.92. The zero-order valence-corrected chi connectivity index (χ0v) is 12.3. The second-order valence-electron chi connectivity index (χ2n) is 5.18. The Morgan fingerprint density at radius 3 is 2.41 bits per heavy atom. The van der Waals surface area contributed by atoms with Crippen molar-refractivity contribution in [3.8, 4) is 0 Å². The molecule has 0 spiro atoms. The van der Waals surface area contributed by atoms with Gasteiger partial charge in [0.05, 0.1) is 6.61 Å². The Morgan fingerprint density at radius 2 is 1.68 bits per heavy atom. The van der Waals surface area contributed by atoms with Crippen LogP contribution in [0.5, 0.6) is 0 Å². The van der Waals surface area contributed by atoms with Gasteiger partial charge in [0.1, 0.15) is 0 Å². The van der Waals surface area contributed by atoms with E-state index in [1.807, 2.05) is 42.5 Å². The van der Waals surface area contributed by atoms with E-state index in [0.717, 1.165) is 12.0 Å². The van der Waals surface area contributed by atoms with Gasteiger partial charge >= 0.3 is 0 Å². The fourth-order valence-corrected chi connectivity index (χ4v) is 2.59. The minimum absolute atomic E-state index is 0.135. The van der Waals surface area contributed by atoms with E-state index >= 15 is 0 Å². The highest BCUT2D eigenvalue weighted by atomic mass is 16.5. The summed E-state index contributed by atoms with van der Waals surface area (Å²) in [6.07, 6.45) is 2.03. The molecule has 3 rings (SSSR count). The maximum atomic E-state index is 12.3. The van der Waals surface area contributed by atoms with Crippen LogP contribution in [-0.4, -0.2) is 18.2 Å². The van der Waals surface area contributed by atoms with Crippen molar-refractivity contribution in [2.24, 2.45) is 0 Å². The van der Waals surface area contributed by atoms with Gasteiger partial charge in [0, 0.05) is 17.2 Å². The number of fused-ring (bicyclic) bond motifs is 1. The van der Waals surface area contributed by atoms with Gasteiger partial charge in [0.15, 0.2) is 11.5 Å². The molecule has 0 aromatic heterocycles. The molecule has 0 atom stereocenters. The third kappa shape index (κ3) is 2.70. The SMILES string of the molecule is CCOC1=CC(=O)c2cc(Cc3ccccc3)ccc2C1=O. The molecular formula is C19H16O3. The lowest BCUT2D eigenvalue weighted by Gasteiger charge is -2.16. The molecule has 2 aromatic rings. The summed E-state index contributed by atoms with van der Waals surface area (Å²) < 4.78 is 5.24. The maximum absolute atomic E-state index is 12.3. The van der Waals surface area contributed by atoms with Crippen molar-refractivity contribution in [1.29, 1.82) is 0 Å². The molecule has 22 heavy (non-hydrogen) atoms. The minimum atomic E-state index is -0.220. The summed E-state index contributed by atoms with van der Waals surface area (Å²) in [6.45, 7) is 2.16. The number of carbonyl (C=O) groups excluding carboxylic acids is 2. The highest BCUT2D eigenvalue weighted by Gasteiger charge is 2.26. The predicted octanol–water partition coefficient (Wildman–Crippen LogP) is 3.58. The zero-order valence-electron chi connectivity index (χ0n) is 12.3. The molecule has 2 aromatic carbocycles. The van der Waals surface area contributed by atoms with E-state index in [9.17, 15) is 9.59 Å². The molecule has 110 valence electrons. The Kier molecular flexibility index (Phi) is 3.88. The Morgan fingerprint density at radius 1 is 0.909 bits per heavy atom. The fraction of sp³-hybridized carbons (Fsp3) is 0.158. The molecule has 0 radical (unpaired) electrons. The van der Waals surface area contributed by atoms with Gasteiger partial charge in [0.25, 0.3) is 0 Å². The molecule has 0 saturated carbocycles. The lowest BCUT2D eigenvalue weighted by atomic mass is 9.90. The van der Waals surface area contributed by atoms with Crippen molar-refractivity contribution in [3.63, 3.8) is 0 Å². The second kappa shape index (κ2) is 5.98. The quantitative estimate of drug-likeness (QED) is 0.865. The van der Waals surface area contributed by atoms with E-state index < -0.39 is 0 Å². The van der Waals surface area contributed by atoms with E-state index in [4.69, 9.17) is 4.74 Å². The number of ketones is 2. The zero-order chi connectivity index (χ0) is 15.5. The second-order valence-corrected chi connectivity index (χ2v) is 5.18. The number of allylic oxidation sites excluding steroid dienone is 2. The topological polar surface area (TPSA) is 43.4 Å². The average molecular weight is 292 g/mol. The summed E-state index contributed by atoms with van der Waals surface area (Å²) in [7, 11) is 0. The van der Waals surface area contributed by atoms with E-state index in [1.54, 1.807) is 13.0 Å². The number of Topliss-reactive ketones (excluding diaryl/α,β-unsaturated/α-hetero) is 1. The maximum Gasteiger partial charge on any atom is 0.228 e. The Hall–Kier alpha value is -2.68. The van der Waals surface area contributed by atoms with Crippen LogP contribution in [0.3, 0.4) is 0 Å². The van der Waals surface area contributed by atoms with Crippen LogP contribution in [-0.2, 0) is 11.2 Å². The number of benzene rings is 2. The molecule has 3 nitrogen and oxygen atoms in total. The first-order chi connectivity index (χ1) is 10.7. The summed E-state index contributed by atoms with van der Waals surface area (Å²) in [5.74, 6) is -0.258. The van der Waals surface area contributed by atoms with E-state index in [2.05, 4.69) is 0 Å². The van der Waals surface area contributed by atoms with E-state index in [1.165, 1.54) is 11.6 Å². The molecule has 0 saturated heterocycles. The minimum Gasteiger partial charge on any atom is -0.490 e. The predicted molar refractivity (Wildman–Crippen MR) is 84.1 cm³/mol. The molecule has 0 unspecified atom stereocenters. The summed E-state index contributed by atoms with van der Waals surface area (Å²) in [5.41, 5.74) is 3.07. The third-order valence-corrected chi connectivity index (χ3v) is 3.63. The number of hydrogen-bond acceptors (Lipinski definition) is 3. The molecule has 0 bridgehead atoms. The highest BCUT2D eigenvalue weighted by molar-refractivity contribution is 6.23. The average Bonchev–Trinajstić information content (AvgIpc) is 2.53. The molecule has 0 aliphatic heterocycles. The van der Waals surface area contributed by atoms with Crippen LogP contribution < -0.4 is 0 Å². The van der Waals surface area contributed by atoms with E-state index in [0.29, 0.717) is 17.7 Å². The number of rotatable bonds is 4. The lowest BCUT2D eigenvalue weighted by Crippen LogP contribution is -2.19. The molecule has 0 fully saturated rings. The molecule has 0 N–H and O–H groups in total. The van der Waals surface area contributed by atoms with Gasteiger partial charge in [0.2, 0.25) is 5.78 Å². The van der Waals surface area contributed by atoms with Crippen molar-refractivity contribution in [2.75, 3.05) is 6.61 Å². The van der Waals surface area contributed by atoms with Crippen molar-refractivity contribution in [2.45, 2.75) is 13.3 Å². The monoisotopic (exact) mass is 292 g/mol. The Bertz CT molecular complexity index is 758. The van der Waals surface area contributed by atoms with Crippen LogP contribution in [0.15, 0.2) is 60.4 Å². The first kappa shape index (κ1) is 14.3. The van der Waals surface area contributed by atoms with Crippen LogP contribution in [0.4, 0.5) is 0 Å².